The molecule has 0 aliphatic carbocycles. The summed E-state index contributed by atoms with van der Waals surface area (Å²) in [5.41, 5.74) is 3.10. The second-order valence-corrected chi connectivity index (χ2v) is 10.4. The fraction of sp³-hybridized carbons (Fsp3) is 0.192. The third kappa shape index (κ3) is 7.39. The average molecular weight is 628 g/mol. The summed E-state index contributed by atoms with van der Waals surface area (Å²) >= 11 is 9.99. The molecule has 3 aromatic heterocycles. The summed E-state index contributed by atoms with van der Waals surface area (Å²) < 4.78 is 58.0. The molecule has 0 unspecified atom stereocenters. The molecule has 6 aromatic rings. The SMILES string of the molecule is COc1ccc2oc(SC)nc2c1.CSc1nc2ccc(C(F)(F)F)cc2o1.CSc1nc2ccc(Cl)cc2o1. The Morgan fingerprint density at radius 2 is 1.20 bits per heavy atom. The van der Waals surface area contributed by atoms with Crippen LogP contribution < -0.4 is 4.74 Å². The number of rotatable bonds is 4. The van der Waals surface area contributed by atoms with Crippen molar-refractivity contribution in [3.8, 4) is 5.75 Å². The molecule has 0 saturated carbocycles. The lowest BCUT2D eigenvalue weighted by molar-refractivity contribution is -0.137. The van der Waals surface area contributed by atoms with Gasteiger partial charge in [0.05, 0.1) is 12.7 Å². The van der Waals surface area contributed by atoms with Crippen LogP contribution in [0, 0.1) is 0 Å². The molecule has 0 amide bonds. The van der Waals surface area contributed by atoms with Gasteiger partial charge >= 0.3 is 6.18 Å². The molecule has 3 aromatic carbocycles. The van der Waals surface area contributed by atoms with Crippen LogP contribution in [0.3, 0.4) is 0 Å². The number of halogens is 4. The zero-order valence-corrected chi connectivity index (χ0v) is 24.6. The Kier molecular flexibility index (Phi) is 9.82. The first-order chi connectivity index (χ1) is 19.1. The Bertz CT molecular complexity index is 1730. The number of alkyl halides is 3. The molecule has 210 valence electrons. The first-order valence-corrected chi connectivity index (χ1v) is 15.3. The molecule has 40 heavy (non-hydrogen) atoms. The number of fused-ring (bicyclic) bond motifs is 3. The van der Waals surface area contributed by atoms with Crippen molar-refractivity contribution in [2.45, 2.75) is 21.8 Å². The summed E-state index contributed by atoms with van der Waals surface area (Å²) in [4.78, 5) is 12.4. The van der Waals surface area contributed by atoms with Gasteiger partial charge < -0.3 is 18.0 Å². The van der Waals surface area contributed by atoms with Gasteiger partial charge in [-0.1, -0.05) is 46.9 Å². The number of nitrogens with zero attached hydrogens (tertiary/aromatic N) is 3. The van der Waals surface area contributed by atoms with Gasteiger partial charge in [-0.3, -0.25) is 0 Å². The summed E-state index contributed by atoms with van der Waals surface area (Å²) in [5.74, 6) is 0.799. The fourth-order valence-corrected chi connectivity index (χ4v) is 4.48. The smallest absolute Gasteiger partial charge is 0.416 e. The van der Waals surface area contributed by atoms with E-state index in [-0.39, 0.29) is 5.58 Å². The lowest BCUT2D eigenvalue weighted by atomic mass is 10.2. The molecular formula is C26H21ClF3N3O4S3. The highest BCUT2D eigenvalue weighted by Crippen LogP contribution is 2.32. The second-order valence-electron chi connectivity index (χ2n) is 7.68. The van der Waals surface area contributed by atoms with E-state index < -0.39 is 11.7 Å². The van der Waals surface area contributed by atoms with Gasteiger partial charge in [0, 0.05) is 17.2 Å². The van der Waals surface area contributed by atoms with Crippen molar-refractivity contribution in [2.75, 3.05) is 25.9 Å². The van der Waals surface area contributed by atoms with Crippen LogP contribution in [-0.4, -0.2) is 40.8 Å². The summed E-state index contributed by atoms with van der Waals surface area (Å²) in [6, 6.07) is 14.3. The van der Waals surface area contributed by atoms with E-state index in [0.717, 1.165) is 40.1 Å². The number of benzene rings is 3. The van der Waals surface area contributed by atoms with E-state index in [0.29, 0.717) is 26.2 Å². The molecule has 0 saturated heterocycles. The van der Waals surface area contributed by atoms with E-state index in [1.54, 1.807) is 25.5 Å². The molecule has 0 N–H and O–H groups in total. The van der Waals surface area contributed by atoms with E-state index in [9.17, 15) is 13.2 Å². The van der Waals surface area contributed by atoms with Crippen LogP contribution in [-0.2, 0) is 6.18 Å². The number of ether oxygens (including phenoxy) is 1. The zero-order chi connectivity index (χ0) is 28.9. The first-order valence-electron chi connectivity index (χ1n) is 11.2. The van der Waals surface area contributed by atoms with Crippen LogP contribution in [0.2, 0.25) is 5.02 Å². The third-order valence-corrected chi connectivity index (χ3v) is 6.93. The van der Waals surface area contributed by atoms with Crippen LogP contribution in [0.1, 0.15) is 5.56 Å². The van der Waals surface area contributed by atoms with Crippen LogP contribution in [0.25, 0.3) is 33.3 Å². The van der Waals surface area contributed by atoms with Gasteiger partial charge in [-0.05, 0) is 61.2 Å². The average Bonchev–Trinajstić information content (AvgIpc) is 3.67. The van der Waals surface area contributed by atoms with Crippen LogP contribution >= 0.6 is 46.9 Å². The molecule has 7 nitrogen and oxygen atoms in total. The van der Waals surface area contributed by atoms with E-state index in [1.807, 2.05) is 36.8 Å². The summed E-state index contributed by atoms with van der Waals surface area (Å²) in [6.07, 6.45) is 1.25. The minimum absolute atomic E-state index is 0.161. The number of hydrogen-bond donors (Lipinski definition) is 0. The van der Waals surface area contributed by atoms with Crippen LogP contribution in [0.15, 0.2) is 83.5 Å². The number of methoxy groups -OCH3 is 1. The summed E-state index contributed by atoms with van der Waals surface area (Å²) in [7, 11) is 1.64. The van der Waals surface area contributed by atoms with Gasteiger partial charge in [-0.2, -0.15) is 13.2 Å². The van der Waals surface area contributed by atoms with Gasteiger partial charge in [-0.15, -0.1) is 0 Å². The van der Waals surface area contributed by atoms with Gasteiger partial charge in [0.2, 0.25) is 0 Å². The van der Waals surface area contributed by atoms with Crippen molar-refractivity contribution in [3.05, 3.63) is 65.2 Å². The number of aromatic nitrogens is 3. The monoisotopic (exact) mass is 627 g/mol. The summed E-state index contributed by atoms with van der Waals surface area (Å²) in [5, 5.41) is 2.39. The quantitative estimate of drug-likeness (QED) is 0.176. The normalized spacial score (nSPS) is 11.3. The van der Waals surface area contributed by atoms with Crippen molar-refractivity contribution < 1.29 is 31.2 Å². The molecule has 0 bridgehead atoms. The molecule has 0 aliphatic rings. The van der Waals surface area contributed by atoms with Crippen LogP contribution in [0.4, 0.5) is 13.2 Å². The molecule has 6 rings (SSSR count). The molecule has 14 heteroatoms. The lowest BCUT2D eigenvalue weighted by Crippen LogP contribution is -2.03. The highest BCUT2D eigenvalue weighted by atomic mass is 35.5. The zero-order valence-electron chi connectivity index (χ0n) is 21.4. The van der Waals surface area contributed by atoms with E-state index in [4.69, 9.17) is 29.6 Å². The molecule has 0 aliphatic heterocycles. The maximum absolute atomic E-state index is 12.3. The predicted octanol–water partition coefficient (Wildman–Crippen LogP) is 9.33. The van der Waals surface area contributed by atoms with Gasteiger partial charge in [-0.25, -0.2) is 15.0 Å². The predicted molar refractivity (Wildman–Crippen MR) is 154 cm³/mol. The molecule has 0 atom stereocenters. The van der Waals surface area contributed by atoms with E-state index >= 15 is 0 Å². The van der Waals surface area contributed by atoms with Crippen molar-refractivity contribution in [1.29, 1.82) is 0 Å². The fourth-order valence-electron chi connectivity index (χ4n) is 3.23. The van der Waals surface area contributed by atoms with Gasteiger partial charge in [0.1, 0.15) is 22.3 Å². The lowest BCUT2D eigenvalue weighted by Gasteiger charge is -2.04. The van der Waals surface area contributed by atoms with Crippen molar-refractivity contribution in [1.82, 2.24) is 15.0 Å². The topological polar surface area (TPSA) is 87.3 Å². The molecule has 0 spiro atoms. The third-order valence-electron chi connectivity index (χ3n) is 5.13. The number of hydrogen-bond acceptors (Lipinski definition) is 10. The van der Waals surface area contributed by atoms with Crippen molar-refractivity contribution in [2.24, 2.45) is 0 Å². The molecule has 0 radical (unpaired) electrons. The van der Waals surface area contributed by atoms with Crippen LogP contribution in [0.5, 0.6) is 5.75 Å². The minimum Gasteiger partial charge on any atom is -0.497 e. The van der Waals surface area contributed by atoms with Gasteiger partial charge in [0.15, 0.2) is 16.7 Å². The second kappa shape index (κ2) is 13.1. The number of thioether (sulfide) groups is 3. The first kappa shape index (κ1) is 30.0. The number of oxazole rings is 3. The Morgan fingerprint density at radius 3 is 1.75 bits per heavy atom. The van der Waals surface area contributed by atoms with Crippen molar-refractivity contribution in [3.63, 3.8) is 0 Å². The maximum atomic E-state index is 12.3. The Morgan fingerprint density at radius 1 is 0.675 bits per heavy atom. The Hall–Kier alpha value is -3.00. The molecule has 0 fully saturated rings. The highest BCUT2D eigenvalue weighted by Gasteiger charge is 2.31. The van der Waals surface area contributed by atoms with E-state index in [1.165, 1.54) is 41.4 Å². The minimum atomic E-state index is -4.35. The maximum Gasteiger partial charge on any atom is 0.416 e. The Labute approximate surface area is 244 Å². The van der Waals surface area contributed by atoms with E-state index in [2.05, 4.69) is 15.0 Å². The largest absolute Gasteiger partial charge is 0.497 e. The standard InChI is InChI=1S/C9H6F3NOS.C9H9NO2S.C8H6ClNOS/c1-15-8-13-6-3-2-5(9(10,11)12)4-7(6)14-8;1-11-6-3-4-8-7(5-6)10-9(12-8)13-2;1-12-8-10-6-3-2-5(9)4-7(6)11-8/h2-4H,1H3;3-5H,1-2H3;2-4H,1H3. The molecule has 3 heterocycles. The molecular weight excluding hydrogens is 607 g/mol. The van der Waals surface area contributed by atoms with Crippen molar-refractivity contribution >= 4 is 80.2 Å². The highest BCUT2D eigenvalue weighted by molar-refractivity contribution is 7.98. The van der Waals surface area contributed by atoms with Gasteiger partial charge in [0.25, 0.3) is 15.7 Å². The summed E-state index contributed by atoms with van der Waals surface area (Å²) in [6.45, 7) is 0. The Balaban J connectivity index is 0.000000140.